The fourth-order valence-corrected chi connectivity index (χ4v) is 1.86. The lowest BCUT2D eigenvalue weighted by Gasteiger charge is -2.08. The van der Waals surface area contributed by atoms with Gasteiger partial charge in [-0.1, -0.05) is 24.3 Å². The second-order valence-corrected chi connectivity index (χ2v) is 4.34. The predicted molar refractivity (Wildman–Crippen MR) is 73.4 cm³/mol. The monoisotopic (exact) mass is 295 g/mol. The van der Waals surface area contributed by atoms with Crippen molar-refractivity contribution >= 4 is 17.3 Å². The number of nitro groups is 1. The molecule has 0 unspecified atom stereocenters. The van der Waals surface area contributed by atoms with Crippen molar-refractivity contribution in [2.24, 2.45) is 0 Å². The van der Waals surface area contributed by atoms with Gasteiger partial charge in [0.2, 0.25) is 5.82 Å². The molecule has 0 atom stereocenters. The van der Waals surface area contributed by atoms with Crippen molar-refractivity contribution in [2.45, 2.75) is 12.5 Å². The third kappa shape index (κ3) is 3.24. The molecule has 0 N–H and O–H groups in total. The highest BCUT2D eigenvalue weighted by molar-refractivity contribution is 6.17. The summed E-state index contributed by atoms with van der Waals surface area (Å²) < 4.78 is 19.3. The first-order valence-electron chi connectivity index (χ1n) is 5.81. The molecule has 0 aliphatic heterocycles. The number of nitrogens with zero attached hydrogens (tertiary/aromatic N) is 1. The molecule has 0 spiro atoms. The maximum Gasteiger partial charge on any atom is 0.305 e. The van der Waals surface area contributed by atoms with E-state index in [-0.39, 0.29) is 12.2 Å². The first-order chi connectivity index (χ1) is 9.61. The molecule has 0 bridgehead atoms. The van der Waals surface area contributed by atoms with Crippen LogP contribution in [0.15, 0.2) is 42.5 Å². The highest BCUT2D eigenvalue weighted by atomic mass is 35.5. The third-order valence-corrected chi connectivity index (χ3v) is 3.01. The number of hydrogen-bond donors (Lipinski definition) is 0. The molecular formula is C14H11ClFNO3. The van der Waals surface area contributed by atoms with Crippen molar-refractivity contribution in [2.75, 3.05) is 0 Å². The first kappa shape index (κ1) is 14.3. The van der Waals surface area contributed by atoms with Crippen LogP contribution in [0.2, 0.25) is 0 Å². The lowest BCUT2D eigenvalue weighted by molar-refractivity contribution is -0.387. The van der Waals surface area contributed by atoms with Crippen LogP contribution in [0.5, 0.6) is 5.75 Å². The molecule has 0 amide bonds. The predicted octanol–water partition coefficient (Wildman–Crippen LogP) is 4.05. The number of alkyl halides is 1. The maximum absolute atomic E-state index is 13.8. The molecule has 2 aromatic carbocycles. The number of nitro benzene ring substituents is 1. The second kappa shape index (κ2) is 6.34. The molecule has 20 heavy (non-hydrogen) atoms. The zero-order valence-electron chi connectivity index (χ0n) is 10.4. The van der Waals surface area contributed by atoms with E-state index in [9.17, 15) is 14.5 Å². The number of ether oxygens (including phenoxy) is 1. The van der Waals surface area contributed by atoms with Gasteiger partial charge in [0.25, 0.3) is 0 Å². The van der Waals surface area contributed by atoms with E-state index in [4.69, 9.17) is 16.3 Å². The summed E-state index contributed by atoms with van der Waals surface area (Å²) in [5, 5.41) is 10.6. The van der Waals surface area contributed by atoms with Crippen LogP contribution in [0, 0.1) is 15.9 Å². The molecule has 104 valence electrons. The summed E-state index contributed by atoms with van der Waals surface area (Å²) in [6.07, 6.45) is 0. The largest absolute Gasteiger partial charge is 0.489 e. The Morgan fingerprint density at radius 3 is 2.70 bits per heavy atom. The van der Waals surface area contributed by atoms with Crippen LogP contribution in [0.3, 0.4) is 0 Å². The van der Waals surface area contributed by atoms with Gasteiger partial charge in [-0.25, -0.2) is 0 Å². The fourth-order valence-electron chi connectivity index (χ4n) is 1.70. The van der Waals surface area contributed by atoms with Gasteiger partial charge in [0.05, 0.1) is 4.92 Å². The van der Waals surface area contributed by atoms with Gasteiger partial charge in [0.1, 0.15) is 12.4 Å². The zero-order valence-corrected chi connectivity index (χ0v) is 11.1. The first-order valence-corrected chi connectivity index (χ1v) is 6.34. The van der Waals surface area contributed by atoms with Gasteiger partial charge in [0.15, 0.2) is 0 Å². The minimum absolute atomic E-state index is 0.0841. The van der Waals surface area contributed by atoms with Crippen molar-refractivity contribution in [1.82, 2.24) is 0 Å². The van der Waals surface area contributed by atoms with E-state index in [2.05, 4.69) is 0 Å². The molecule has 0 aromatic heterocycles. The Hall–Kier alpha value is -2.14. The minimum Gasteiger partial charge on any atom is -0.489 e. The Bertz CT molecular complexity index is 634. The Balaban J connectivity index is 2.14. The molecule has 0 aliphatic carbocycles. The molecular weight excluding hydrogens is 285 g/mol. The van der Waals surface area contributed by atoms with Gasteiger partial charge in [-0.3, -0.25) is 10.1 Å². The number of halogens is 2. The summed E-state index contributed by atoms with van der Waals surface area (Å²) in [7, 11) is 0. The zero-order chi connectivity index (χ0) is 14.5. The van der Waals surface area contributed by atoms with Crippen molar-refractivity contribution < 1.29 is 14.1 Å². The standard InChI is InChI=1S/C14H11ClFNO3/c15-8-10-3-1-5-12(7-10)20-9-11-4-2-6-13(14(11)16)17(18)19/h1-7H,8-9H2. The lowest BCUT2D eigenvalue weighted by Crippen LogP contribution is -2.02. The fraction of sp³-hybridized carbons (Fsp3) is 0.143. The molecule has 0 saturated heterocycles. The van der Waals surface area contributed by atoms with Gasteiger partial charge in [-0.15, -0.1) is 11.6 Å². The third-order valence-electron chi connectivity index (χ3n) is 2.70. The Kier molecular flexibility index (Phi) is 4.53. The quantitative estimate of drug-likeness (QED) is 0.475. The second-order valence-electron chi connectivity index (χ2n) is 4.08. The van der Waals surface area contributed by atoms with E-state index in [1.54, 1.807) is 18.2 Å². The number of benzene rings is 2. The van der Waals surface area contributed by atoms with Crippen molar-refractivity contribution in [3.63, 3.8) is 0 Å². The highest BCUT2D eigenvalue weighted by Gasteiger charge is 2.17. The van der Waals surface area contributed by atoms with E-state index in [1.807, 2.05) is 6.07 Å². The summed E-state index contributed by atoms with van der Waals surface area (Å²) in [4.78, 5) is 9.88. The van der Waals surface area contributed by atoms with Crippen LogP contribution in [-0.4, -0.2) is 4.92 Å². The summed E-state index contributed by atoms with van der Waals surface area (Å²) in [5.41, 5.74) is 0.458. The van der Waals surface area contributed by atoms with Gasteiger partial charge < -0.3 is 4.74 Å². The molecule has 0 aliphatic rings. The van der Waals surface area contributed by atoms with Crippen LogP contribution in [-0.2, 0) is 12.5 Å². The Morgan fingerprint density at radius 2 is 2.00 bits per heavy atom. The van der Waals surface area contributed by atoms with Crippen LogP contribution in [0.1, 0.15) is 11.1 Å². The molecule has 0 fully saturated rings. The average Bonchev–Trinajstić information content (AvgIpc) is 2.46. The molecule has 0 heterocycles. The summed E-state index contributed by atoms with van der Waals surface area (Å²) in [6.45, 7) is -0.0841. The minimum atomic E-state index is -0.869. The average molecular weight is 296 g/mol. The summed E-state index contributed by atoms with van der Waals surface area (Å²) >= 11 is 5.71. The van der Waals surface area contributed by atoms with E-state index >= 15 is 0 Å². The van der Waals surface area contributed by atoms with Crippen LogP contribution >= 0.6 is 11.6 Å². The van der Waals surface area contributed by atoms with Crippen molar-refractivity contribution in [3.8, 4) is 5.75 Å². The van der Waals surface area contributed by atoms with Gasteiger partial charge in [-0.05, 0) is 17.7 Å². The van der Waals surface area contributed by atoms with Crippen LogP contribution in [0.25, 0.3) is 0 Å². The van der Waals surface area contributed by atoms with E-state index in [0.717, 1.165) is 11.6 Å². The molecule has 0 radical (unpaired) electrons. The number of hydrogen-bond acceptors (Lipinski definition) is 3. The van der Waals surface area contributed by atoms with E-state index in [0.29, 0.717) is 11.6 Å². The lowest BCUT2D eigenvalue weighted by atomic mass is 10.2. The molecule has 0 saturated carbocycles. The van der Waals surface area contributed by atoms with Crippen LogP contribution < -0.4 is 4.74 Å². The Morgan fingerprint density at radius 1 is 1.25 bits per heavy atom. The summed E-state index contributed by atoms with van der Waals surface area (Å²) in [5.74, 6) is 0.0163. The Labute approximate surface area is 119 Å². The number of rotatable bonds is 5. The van der Waals surface area contributed by atoms with Gasteiger partial charge >= 0.3 is 5.69 Å². The molecule has 4 nitrogen and oxygen atoms in total. The molecule has 6 heteroatoms. The van der Waals surface area contributed by atoms with Crippen molar-refractivity contribution in [3.05, 3.63) is 69.5 Å². The maximum atomic E-state index is 13.8. The van der Waals surface area contributed by atoms with Crippen LogP contribution in [0.4, 0.5) is 10.1 Å². The van der Waals surface area contributed by atoms with Gasteiger partial charge in [-0.2, -0.15) is 4.39 Å². The molecule has 2 aromatic rings. The van der Waals surface area contributed by atoms with Gasteiger partial charge in [0, 0.05) is 17.5 Å². The van der Waals surface area contributed by atoms with Crippen molar-refractivity contribution in [1.29, 1.82) is 0 Å². The molecule has 2 rings (SSSR count). The highest BCUT2D eigenvalue weighted by Crippen LogP contribution is 2.22. The SMILES string of the molecule is O=[N+]([O-])c1cccc(COc2cccc(CCl)c2)c1F. The summed E-state index contributed by atoms with van der Waals surface area (Å²) in [6, 6.07) is 11.1. The van der Waals surface area contributed by atoms with E-state index < -0.39 is 16.4 Å². The normalized spacial score (nSPS) is 10.3. The van der Waals surface area contributed by atoms with E-state index in [1.165, 1.54) is 12.1 Å². The smallest absolute Gasteiger partial charge is 0.305 e. The topological polar surface area (TPSA) is 52.4 Å².